The van der Waals surface area contributed by atoms with E-state index in [2.05, 4.69) is 21.2 Å². The average molecular weight is 410 g/mol. The van der Waals surface area contributed by atoms with Crippen molar-refractivity contribution >= 4 is 40.0 Å². The maximum Gasteiger partial charge on any atom is 0.288 e. The number of hydrazine groups is 1. The zero-order chi connectivity index (χ0) is 20.8. The van der Waals surface area contributed by atoms with Crippen molar-refractivity contribution in [2.75, 3.05) is 14.2 Å². The lowest BCUT2D eigenvalue weighted by molar-refractivity contribution is 0.0930. The molecule has 8 nitrogen and oxygen atoms in total. The third-order valence-electron chi connectivity index (χ3n) is 3.96. The molecule has 148 valence electrons. The lowest BCUT2D eigenvalue weighted by Gasteiger charge is -2.12. The van der Waals surface area contributed by atoms with Gasteiger partial charge in [-0.05, 0) is 36.5 Å². The normalized spacial score (nSPS) is 10.1. The lowest BCUT2D eigenvalue weighted by atomic mass is 10.2. The van der Waals surface area contributed by atoms with Gasteiger partial charge in [-0.15, -0.1) is 0 Å². The van der Waals surface area contributed by atoms with Gasteiger partial charge in [0.15, 0.2) is 5.11 Å². The number of aromatic nitrogens is 1. The highest BCUT2D eigenvalue weighted by molar-refractivity contribution is 7.80. The van der Waals surface area contributed by atoms with E-state index in [4.69, 9.17) is 21.7 Å². The Bertz CT molecular complexity index is 1060. The highest BCUT2D eigenvalue weighted by atomic mass is 32.1. The van der Waals surface area contributed by atoms with E-state index in [1.807, 2.05) is 24.3 Å². The van der Waals surface area contributed by atoms with Crippen LogP contribution in [0.2, 0.25) is 0 Å². The minimum atomic E-state index is -0.490. The first-order valence-electron chi connectivity index (χ1n) is 8.50. The third kappa shape index (κ3) is 4.96. The number of carbonyl (C=O) groups is 2. The summed E-state index contributed by atoms with van der Waals surface area (Å²) in [6.07, 6.45) is 0. The van der Waals surface area contributed by atoms with Crippen LogP contribution >= 0.6 is 12.2 Å². The molecule has 3 aromatic rings. The first-order valence-corrected chi connectivity index (χ1v) is 8.91. The van der Waals surface area contributed by atoms with E-state index in [0.717, 1.165) is 5.39 Å². The van der Waals surface area contributed by atoms with Crippen molar-refractivity contribution in [3.05, 3.63) is 65.9 Å². The molecular weight excluding hydrogens is 392 g/mol. The summed E-state index contributed by atoms with van der Waals surface area (Å²) in [6.45, 7) is 0. The van der Waals surface area contributed by atoms with Crippen LogP contribution in [0.3, 0.4) is 0 Å². The fourth-order valence-corrected chi connectivity index (χ4v) is 2.66. The molecule has 1 heterocycles. The van der Waals surface area contributed by atoms with E-state index in [1.165, 1.54) is 26.4 Å². The van der Waals surface area contributed by atoms with Gasteiger partial charge < -0.3 is 9.47 Å². The quantitative estimate of drug-likeness (QED) is 0.448. The molecule has 0 unspecified atom stereocenters. The molecule has 3 rings (SSSR count). The number of nitrogens with one attached hydrogen (secondary N) is 3. The Morgan fingerprint density at radius 1 is 0.897 bits per heavy atom. The number of ether oxygens (including phenoxy) is 2. The van der Waals surface area contributed by atoms with E-state index >= 15 is 0 Å². The molecule has 0 aliphatic heterocycles. The SMILES string of the molecule is COc1cc(OC)cc(C(=O)NC(=S)NNC(=O)c2ccc3ccccc3n2)c1. The minimum absolute atomic E-state index is 0.0778. The zero-order valence-electron chi connectivity index (χ0n) is 15.7. The summed E-state index contributed by atoms with van der Waals surface area (Å²) in [5.41, 5.74) is 6.09. The van der Waals surface area contributed by atoms with Crippen molar-refractivity contribution in [1.82, 2.24) is 21.2 Å². The number of hydrogen-bond donors (Lipinski definition) is 3. The van der Waals surface area contributed by atoms with Crippen LogP contribution in [0.1, 0.15) is 20.8 Å². The largest absolute Gasteiger partial charge is 0.497 e. The Morgan fingerprint density at radius 3 is 2.28 bits per heavy atom. The van der Waals surface area contributed by atoms with Gasteiger partial charge in [-0.3, -0.25) is 25.8 Å². The van der Waals surface area contributed by atoms with E-state index in [0.29, 0.717) is 17.0 Å². The summed E-state index contributed by atoms with van der Waals surface area (Å²) >= 11 is 5.06. The number of methoxy groups -OCH3 is 2. The topological polar surface area (TPSA) is 102 Å². The lowest BCUT2D eigenvalue weighted by Crippen LogP contribution is -2.48. The number of amides is 2. The molecular formula is C20H18N4O4S. The maximum absolute atomic E-state index is 12.4. The molecule has 9 heteroatoms. The Morgan fingerprint density at radius 2 is 1.59 bits per heavy atom. The summed E-state index contributed by atoms with van der Waals surface area (Å²) in [5, 5.41) is 3.32. The van der Waals surface area contributed by atoms with Crippen LogP contribution in [0.4, 0.5) is 0 Å². The molecule has 1 aromatic heterocycles. The fraction of sp³-hybridized carbons (Fsp3) is 0.100. The summed E-state index contributed by atoms with van der Waals surface area (Å²) < 4.78 is 10.3. The second kappa shape index (κ2) is 8.98. The summed E-state index contributed by atoms with van der Waals surface area (Å²) in [7, 11) is 2.97. The number of pyridine rings is 1. The second-order valence-corrected chi connectivity index (χ2v) is 6.26. The molecule has 0 aliphatic carbocycles. The zero-order valence-corrected chi connectivity index (χ0v) is 16.5. The smallest absolute Gasteiger partial charge is 0.288 e. The van der Waals surface area contributed by atoms with Crippen molar-refractivity contribution in [3.8, 4) is 11.5 Å². The van der Waals surface area contributed by atoms with Crippen LogP contribution in [-0.2, 0) is 0 Å². The molecule has 0 aliphatic rings. The van der Waals surface area contributed by atoms with Crippen LogP contribution in [0.15, 0.2) is 54.6 Å². The highest BCUT2D eigenvalue weighted by Gasteiger charge is 2.13. The Balaban J connectivity index is 1.60. The van der Waals surface area contributed by atoms with Crippen molar-refractivity contribution in [1.29, 1.82) is 0 Å². The van der Waals surface area contributed by atoms with Crippen molar-refractivity contribution in [2.24, 2.45) is 0 Å². The number of carbonyl (C=O) groups excluding carboxylic acids is 2. The minimum Gasteiger partial charge on any atom is -0.497 e. The summed E-state index contributed by atoms with van der Waals surface area (Å²) in [6, 6.07) is 15.6. The first kappa shape index (κ1) is 20.0. The van der Waals surface area contributed by atoms with Crippen molar-refractivity contribution in [2.45, 2.75) is 0 Å². The van der Waals surface area contributed by atoms with Gasteiger partial charge in [0.25, 0.3) is 11.8 Å². The summed E-state index contributed by atoms with van der Waals surface area (Å²) in [4.78, 5) is 28.9. The molecule has 2 aromatic carbocycles. The molecule has 0 spiro atoms. The van der Waals surface area contributed by atoms with Crippen LogP contribution < -0.4 is 25.6 Å². The van der Waals surface area contributed by atoms with Crippen molar-refractivity contribution < 1.29 is 19.1 Å². The number of thiocarbonyl (C=S) groups is 1. The Kier molecular flexibility index (Phi) is 6.20. The molecule has 0 bridgehead atoms. The first-order chi connectivity index (χ1) is 14.0. The molecule has 0 fully saturated rings. The van der Waals surface area contributed by atoms with Gasteiger partial charge in [-0.2, -0.15) is 0 Å². The number of fused-ring (bicyclic) bond motifs is 1. The van der Waals surface area contributed by atoms with E-state index in [1.54, 1.807) is 18.2 Å². The molecule has 2 amide bonds. The molecule has 3 N–H and O–H groups in total. The van der Waals surface area contributed by atoms with Gasteiger partial charge in [0.05, 0.1) is 19.7 Å². The van der Waals surface area contributed by atoms with Crippen LogP contribution in [-0.4, -0.2) is 36.1 Å². The number of para-hydroxylation sites is 1. The van der Waals surface area contributed by atoms with Crippen LogP contribution in [0, 0.1) is 0 Å². The monoisotopic (exact) mass is 410 g/mol. The third-order valence-corrected chi connectivity index (χ3v) is 4.17. The summed E-state index contributed by atoms with van der Waals surface area (Å²) in [5.74, 6) is -0.0544. The van der Waals surface area contributed by atoms with Gasteiger partial charge in [-0.1, -0.05) is 24.3 Å². The Hall–Kier alpha value is -3.72. The van der Waals surface area contributed by atoms with E-state index in [9.17, 15) is 9.59 Å². The average Bonchev–Trinajstić information content (AvgIpc) is 2.76. The predicted molar refractivity (Wildman–Crippen MR) is 112 cm³/mol. The van der Waals surface area contributed by atoms with Gasteiger partial charge in [-0.25, -0.2) is 4.98 Å². The van der Waals surface area contributed by atoms with Gasteiger partial charge in [0.1, 0.15) is 17.2 Å². The Labute approximate surface area is 172 Å². The maximum atomic E-state index is 12.4. The number of nitrogens with zero attached hydrogens (tertiary/aromatic N) is 1. The predicted octanol–water partition coefficient (Wildman–Crippen LogP) is 2.20. The molecule has 0 radical (unpaired) electrons. The van der Waals surface area contributed by atoms with Gasteiger partial charge >= 0.3 is 0 Å². The highest BCUT2D eigenvalue weighted by Crippen LogP contribution is 2.22. The number of rotatable bonds is 4. The van der Waals surface area contributed by atoms with Crippen LogP contribution in [0.5, 0.6) is 11.5 Å². The van der Waals surface area contributed by atoms with Gasteiger partial charge in [0, 0.05) is 17.0 Å². The second-order valence-electron chi connectivity index (χ2n) is 5.85. The van der Waals surface area contributed by atoms with Crippen LogP contribution in [0.25, 0.3) is 10.9 Å². The molecule has 0 atom stereocenters. The standard InChI is InChI=1S/C20H18N4O4S/c1-27-14-9-13(10-15(11-14)28-2)18(25)22-20(29)24-23-19(26)17-8-7-12-5-3-4-6-16(12)21-17/h3-11H,1-2H3,(H,23,26)(H2,22,24,25,29). The fourth-order valence-electron chi connectivity index (χ4n) is 2.52. The molecule has 0 saturated heterocycles. The molecule has 29 heavy (non-hydrogen) atoms. The van der Waals surface area contributed by atoms with Gasteiger partial charge in [0.2, 0.25) is 0 Å². The number of benzene rings is 2. The van der Waals surface area contributed by atoms with E-state index in [-0.39, 0.29) is 16.4 Å². The molecule has 0 saturated carbocycles. The number of hydrogen-bond acceptors (Lipinski definition) is 6. The van der Waals surface area contributed by atoms with Crippen molar-refractivity contribution in [3.63, 3.8) is 0 Å². The van der Waals surface area contributed by atoms with E-state index < -0.39 is 11.8 Å².